The number of carbonyl (C=O) groups excluding carboxylic acids is 1. The summed E-state index contributed by atoms with van der Waals surface area (Å²) in [4.78, 5) is 10.1. The minimum Gasteiger partial charge on any atom is -0.479 e. The lowest BCUT2D eigenvalue weighted by Gasteiger charge is -2.03. The summed E-state index contributed by atoms with van der Waals surface area (Å²) in [6.45, 7) is 0.130. The van der Waals surface area contributed by atoms with E-state index in [1.807, 2.05) is 0 Å². The van der Waals surface area contributed by atoms with Gasteiger partial charge in [-0.25, -0.2) is 0 Å². The van der Waals surface area contributed by atoms with E-state index in [1.165, 1.54) is 0 Å². The van der Waals surface area contributed by atoms with Crippen LogP contribution in [-0.4, -0.2) is 13.1 Å². The summed E-state index contributed by atoms with van der Waals surface area (Å²) in [6, 6.07) is 7.00. The lowest BCUT2D eigenvalue weighted by Crippen LogP contribution is -2.07. The van der Waals surface area contributed by atoms with Crippen LogP contribution in [0.1, 0.15) is 0 Å². The molecule has 0 unspecified atom stereocenters. The Morgan fingerprint density at radius 3 is 3.08 bits per heavy atom. The Balaban J connectivity index is 2.73. The van der Waals surface area contributed by atoms with Crippen LogP contribution in [0.4, 0.5) is 5.69 Å². The number of nitrogens with one attached hydrogen (secondary N) is 1. The van der Waals surface area contributed by atoms with Gasteiger partial charge in [0.15, 0.2) is 0 Å². The van der Waals surface area contributed by atoms with E-state index >= 15 is 0 Å². The van der Waals surface area contributed by atoms with Crippen LogP contribution in [0.15, 0.2) is 24.3 Å². The number of carbonyl (C=O) groups is 1. The van der Waals surface area contributed by atoms with Crippen molar-refractivity contribution in [2.45, 2.75) is 0 Å². The number of hydrogen-bond acceptors (Lipinski definition) is 3. The van der Waals surface area contributed by atoms with E-state index in [4.69, 9.17) is 10.5 Å². The van der Waals surface area contributed by atoms with E-state index in [9.17, 15) is 4.79 Å². The number of ether oxygens (including phenoxy) is 1. The van der Waals surface area contributed by atoms with Gasteiger partial charge in [0, 0.05) is 11.8 Å². The smallest absolute Gasteiger partial charge is 0.211 e. The van der Waals surface area contributed by atoms with Gasteiger partial charge in [0.1, 0.15) is 12.5 Å². The Morgan fingerprint density at radius 2 is 2.42 bits per heavy atom. The third kappa shape index (κ3) is 2.25. The average molecular weight is 166 g/mol. The van der Waals surface area contributed by atoms with Crippen molar-refractivity contribution < 1.29 is 9.53 Å². The zero-order valence-corrected chi connectivity index (χ0v) is 6.49. The van der Waals surface area contributed by atoms with Gasteiger partial charge < -0.3 is 10.1 Å². The van der Waals surface area contributed by atoms with E-state index in [1.54, 1.807) is 24.3 Å². The van der Waals surface area contributed by atoms with Crippen LogP contribution in [0.3, 0.4) is 0 Å². The molecule has 0 saturated carbocycles. The first-order chi connectivity index (χ1) is 5.86. The van der Waals surface area contributed by atoms with E-state index in [0.29, 0.717) is 17.8 Å². The van der Waals surface area contributed by atoms with Gasteiger partial charge in [-0.05, 0) is 12.1 Å². The van der Waals surface area contributed by atoms with E-state index in [2.05, 4.69) is 5.32 Å². The molecule has 3 N–H and O–H groups in total. The summed E-state index contributed by atoms with van der Waals surface area (Å²) in [5.74, 6) is 0.643. The minimum atomic E-state index is 0.130. The molecule has 0 saturated heterocycles. The van der Waals surface area contributed by atoms with Crippen molar-refractivity contribution in [2.24, 2.45) is 5.73 Å². The molecular formula is C8H10N2O2. The molecule has 1 aromatic rings. The number of benzene rings is 1. The van der Waals surface area contributed by atoms with E-state index in [-0.39, 0.29) is 6.73 Å². The monoisotopic (exact) mass is 166 g/mol. The van der Waals surface area contributed by atoms with E-state index in [0.717, 1.165) is 0 Å². The Morgan fingerprint density at radius 1 is 1.58 bits per heavy atom. The predicted octanol–water partition coefficient (Wildman–Crippen LogP) is 0.550. The van der Waals surface area contributed by atoms with Gasteiger partial charge >= 0.3 is 0 Å². The third-order valence-corrected chi connectivity index (χ3v) is 1.31. The molecule has 0 radical (unpaired) electrons. The number of rotatable bonds is 4. The summed E-state index contributed by atoms with van der Waals surface area (Å²) in [5, 5.41) is 2.50. The second kappa shape index (κ2) is 4.35. The molecule has 0 atom stereocenters. The predicted molar refractivity (Wildman–Crippen MR) is 45.8 cm³/mol. The largest absolute Gasteiger partial charge is 0.479 e. The van der Waals surface area contributed by atoms with Crippen molar-refractivity contribution in [3.63, 3.8) is 0 Å². The first kappa shape index (κ1) is 8.55. The zero-order valence-electron chi connectivity index (χ0n) is 6.49. The van der Waals surface area contributed by atoms with Crippen LogP contribution in [0.25, 0.3) is 0 Å². The molecule has 1 aromatic carbocycles. The highest BCUT2D eigenvalue weighted by atomic mass is 16.5. The minimum absolute atomic E-state index is 0.130. The standard InChI is InChI=1S/C8H10N2O2/c9-5-12-8-3-1-2-7(4-8)10-6-11/h1-4,6H,5,9H2,(H,10,11). The average Bonchev–Trinajstić information content (AvgIpc) is 2.06. The Kier molecular flexibility index (Phi) is 3.10. The highest BCUT2D eigenvalue weighted by Gasteiger charge is 1.93. The lowest BCUT2D eigenvalue weighted by molar-refractivity contribution is -0.105. The van der Waals surface area contributed by atoms with Crippen molar-refractivity contribution in [1.82, 2.24) is 0 Å². The molecule has 0 aromatic heterocycles. The number of nitrogens with two attached hydrogens (primary N) is 1. The molecule has 1 rings (SSSR count). The molecule has 0 fully saturated rings. The zero-order chi connectivity index (χ0) is 8.81. The van der Waals surface area contributed by atoms with Crippen molar-refractivity contribution in [1.29, 1.82) is 0 Å². The fourth-order valence-corrected chi connectivity index (χ4v) is 0.840. The molecule has 0 spiro atoms. The molecule has 0 aliphatic carbocycles. The van der Waals surface area contributed by atoms with Crippen molar-refractivity contribution >= 4 is 12.1 Å². The fraction of sp³-hybridized carbons (Fsp3) is 0.125. The molecule has 0 aliphatic heterocycles. The second-order valence-corrected chi connectivity index (χ2v) is 2.10. The first-order valence-corrected chi connectivity index (χ1v) is 3.50. The third-order valence-electron chi connectivity index (χ3n) is 1.31. The molecule has 0 heterocycles. The highest BCUT2D eigenvalue weighted by molar-refractivity contribution is 5.71. The maximum absolute atomic E-state index is 10.1. The Labute approximate surface area is 70.3 Å². The molecular weight excluding hydrogens is 156 g/mol. The maximum atomic E-state index is 10.1. The highest BCUT2D eigenvalue weighted by Crippen LogP contribution is 2.15. The van der Waals surface area contributed by atoms with Gasteiger partial charge in [0.05, 0.1) is 0 Å². The topological polar surface area (TPSA) is 64.3 Å². The molecule has 64 valence electrons. The first-order valence-electron chi connectivity index (χ1n) is 3.50. The van der Waals surface area contributed by atoms with E-state index < -0.39 is 0 Å². The SMILES string of the molecule is NCOc1cccc(NC=O)c1. The number of anilines is 1. The van der Waals surface area contributed by atoms with Gasteiger partial charge in [0.25, 0.3) is 0 Å². The molecule has 12 heavy (non-hydrogen) atoms. The van der Waals surface area contributed by atoms with Crippen LogP contribution >= 0.6 is 0 Å². The molecule has 0 aliphatic rings. The van der Waals surface area contributed by atoms with Crippen LogP contribution in [0.2, 0.25) is 0 Å². The maximum Gasteiger partial charge on any atom is 0.211 e. The quantitative estimate of drug-likeness (QED) is 0.507. The Hall–Kier alpha value is -1.55. The molecule has 0 bridgehead atoms. The van der Waals surface area contributed by atoms with Crippen LogP contribution in [0, 0.1) is 0 Å². The number of amides is 1. The summed E-state index contributed by atoms with van der Waals surface area (Å²) >= 11 is 0. The van der Waals surface area contributed by atoms with Crippen LogP contribution in [-0.2, 0) is 4.79 Å². The lowest BCUT2D eigenvalue weighted by atomic mass is 10.3. The van der Waals surface area contributed by atoms with Gasteiger partial charge in [-0.15, -0.1) is 0 Å². The second-order valence-electron chi connectivity index (χ2n) is 2.10. The van der Waals surface area contributed by atoms with Crippen molar-refractivity contribution in [3.8, 4) is 5.75 Å². The van der Waals surface area contributed by atoms with Gasteiger partial charge in [-0.1, -0.05) is 6.07 Å². The van der Waals surface area contributed by atoms with Gasteiger partial charge in [0.2, 0.25) is 6.41 Å². The molecule has 1 amide bonds. The number of hydrogen-bond donors (Lipinski definition) is 2. The van der Waals surface area contributed by atoms with Crippen LogP contribution in [0.5, 0.6) is 5.75 Å². The van der Waals surface area contributed by atoms with Gasteiger partial charge in [-0.2, -0.15) is 0 Å². The summed E-state index contributed by atoms with van der Waals surface area (Å²) in [7, 11) is 0. The summed E-state index contributed by atoms with van der Waals surface area (Å²) in [5.41, 5.74) is 5.86. The fourth-order valence-electron chi connectivity index (χ4n) is 0.840. The summed E-state index contributed by atoms with van der Waals surface area (Å²) < 4.78 is 5.01. The molecule has 4 heteroatoms. The Bertz CT molecular complexity index is 263. The normalized spacial score (nSPS) is 9.08. The van der Waals surface area contributed by atoms with Crippen molar-refractivity contribution in [2.75, 3.05) is 12.0 Å². The van der Waals surface area contributed by atoms with Crippen LogP contribution < -0.4 is 15.8 Å². The van der Waals surface area contributed by atoms with Crippen molar-refractivity contribution in [3.05, 3.63) is 24.3 Å². The van der Waals surface area contributed by atoms with Gasteiger partial charge in [-0.3, -0.25) is 10.5 Å². The summed E-state index contributed by atoms with van der Waals surface area (Å²) in [6.07, 6.45) is 0.613. The molecule has 4 nitrogen and oxygen atoms in total.